The second-order valence-corrected chi connectivity index (χ2v) is 5.23. The first-order chi connectivity index (χ1) is 11.6. The lowest BCUT2D eigenvalue weighted by atomic mass is 10.2. The zero-order valence-corrected chi connectivity index (χ0v) is 13.4. The molecule has 7 nitrogen and oxygen atoms in total. The van der Waals surface area contributed by atoms with Gasteiger partial charge in [-0.25, -0.2) is 9.59 Å². The van der Waals surface area contributed by atoms with Crippen molar-refractivity contribution in [2.24, 2.45) is 0 Å². The molecule has 0 saturated heterocycles. The Morgan fingerprint density at radius 1 is 1.21 bits per heavy atom. The van der Waals surface area contributed by atoms with Gasteiger partial charge < -0.3 is 23.4 Å². The fourth-order valence-corrected chi connectivity index (χ4v) is 2.44. The molecule has 0 saturated carbocycles. The maximum absolute atomic E-state index is 12.2. The highest BCUT2D eigenvalue weighted by Crippen LogP contribution is 2.38. The number of halogens is 1. The monoisotopic (exact) mass is 352 g/mol. The predicted octanol–water partition coefficient (Wildman–Crippen LogP) is 2.85. The summed E-state index contributed by atoms with van der Waals surface area (Å²) in [7, 11) is 1.23. The number of hydrogen-bond acceptors (Lipinski definition) is 7. The standard InChI is InChI=1S/C16H13ClO7/c1-20-16(19)13-9(2-3-22-13)8-24-15(18)10-6-11(17)14-12(7-10)21-4-5-23-14/h2-3,6-7H,4-5,8H2,1H3. The van der Waals surface area contributed by atoms with Crippen LogP contribution in [0.25, 0.3) is 0 Å². The van der Waals surface area contributed by atoms with E-state index < -0.39 is 11.9 Å². The number of fused-ring (bicyclic) bond motifs is 1. The molecule has 3 rings (SSSR count). The van der Waals surface area contributed by atoms with Crippen LogP contribution in [-0.4, -0.2) is 32.3 Å². The Labute approximate surface area is 142 Å². The molecule has 2 heterocycles. The van der Waals surface area contributed by atoms with Crippen LogP contribution in [0.3, 0.4) is 0 Å². The highest BCUT2D eigenvalue weighted by atomic mass is 35.5. The van der Waals surface area contributed by atoms with Gasteiger partial charge >= 0.3 is 11.9 Å². The van der Waals surface area contributed by atoms with E-state index in [2.05, 4.69) is 4.74 Å². The van der Waals surface area contributed by atoms with Crippen LogP contribution in [0.15, 0.2) is 28.9 Å². The molecule has 0 unspecified atom stereocenters. The lowest BCUT2D eigenvalue weighted by Crippen LogP contribution is -2.16. The van der Waals surface area contributed by atoms with Crippen molar-refractivity contribution < 1.29 is 33.0 Å². The van der Waals surface area contributed by atoms with Crippen LogP contribution in [0.2, 0.25) is 5.02 Å². The van der Waals surface area contributed by atoms with E-state index in [9.17, 15) is 9.59 Å². The summed E-state index contributed by atoms with van der Waals surface area (Å²) < 4.78 is 25.6. The van der Waals surface area contributed by atoms with Gasteiger partial charge in [0.2, 0.25) is 5.76 Å². The van der Waals surface area contributed by atoms with Gasteiger partial charge in [0.05, 0.1) is 24.0 Å². The summed E-state index contributed by atoms with van der Waals surface area (Å²) in [6.07, 6.45) is 1.32. The second kappa shape index (κ2) is 6.84. The van der Waals surface area contributed by atoms with Crippen molar-refractivity contribution in [1.29, 1.82) is 0 Å². The van der Waals surface area contributed by atoms with E-state index in [1.54, 1.807) is 0 Å². The summed E-state index contributed by atoms with van der Waals surface area (Å²) in [6.45, 7) is 0.623. The quantitative estimate of drug-likeness (QED) is 0.782. The van der Waals surface area contributed by atoms with Gasteiger partial charge in [-0.1, -0.05) is 11.6 Å². The molecule has 126 valence electrons. The summed E-state index contributed by atoms with van der Waals surface area (Å²) >= 11 is 6.09. The molecule has 1 aromatic heterocycles. The SMILES string of the molecule is COC(=O)c1occc1COC(=O)c1cc(Cl)c2c(c1)OCCO2. The van der Waals surface area contributed by atoms with Crippen LogP contribution < -0.4 is 9.47 Å². The molecule has 0 spiro atoms. The summed E-state index contributed by atoms with van der Waals surface area (Å²) in [6, 6.07) is 4.46. The number of esters is 2. The second-order valence-electron chi connectivity index (χ2n) is 4.82. The zero-order chi connectivity index (χ0) is 17.1. The lowest BCUT2D eigenvalue weighted by Gasteiger charge is -2.19. The number of benzene rings is 1. The minimum absolute atomic E-state index is 0.00879. The van der Waals surface area contributed by atoms with E-state index in [0.717, 1.165) is 0 Å². The number of furan rings is 1. The maximum Gasteiger partial charge on any atom is 0.374 e. The molecule has 0 aliphatic carbocycles. The molecule has 0 bridgehead atoms. The molecule has 0 N–H and O–H groups in total. The highest BCUT2D eigenvalue weighted by molar-refractivity contribution is 6.32. The van der Waals surface area contributed by atoms with Gasteiger partial charge in [0.1, 0.15) is 19.8 Å². The Balaban J connectivity index is 1.73. The molecule has 1 aliphatic rings. The third-order valence-corrected chi connectivity index (χ3v) is 3.59. The van der Waals surface area contributed by atoms with Crippen molar-refractivity contribution >= 4 is 23.5 Å². The topological polar surface area (TPSA) is 84.2 Å². The van der Waals surface area contributed by atoms with Crippen LogP contribution in [0.5, 0.6) is 11.5 Å². The van der Waals surface area contributed by atoms with E-state index in [-0.39, 0.29) is 23.0 Å². The summed E-state index contributed by atoms with van der Waals surface area (Å²) in [5.41, 5.74) is 0.617. The van der Waals surface area contributed by atoms with Crippen LogP contribution in [0.4, 0.5) is 0 Å². The Bertz CT molecular complexity index is 781. The first-order valence-electron chi connectivity index (χ1n) is 7.01. The van der Waals surface area contributed by atoms with Crippen LogP contribution in [-0.2, 0) is 16.1 Å². The molecule has 8 heteroatoms. The van der Waals surface area contributed by atoms with Crippen LogP contribution in [0, 0.1) is 0 Å². The van der Waals surface area contributed by atoms with E-state index in [1.807, 2.05) is 0 Å². The number of carbonyl (C=O) groups is 2. The average Bonchev–Trinajstić information content (AvgIpc) is 3.07. The van der Waals surface area contributed by atoms with Gasteiger partial charge in [0.25, 0.3) is 0 Å². The number of methoxy groups -OCH3 is 1. The van der Waals surface area contributed by atoms with E-state index >= 15 is 0 Å². The van der Waals surface area contributed by atoms with Crippen molar-refractivity contribution in [3.63, 3.8) is 0 Å². The summed E-state index contributed by atoms with van der Waals surface area (Å²) in [5.74, 6) is -0.480. The Morgan fingerprint density at radius 3 is 2.79 bits per heavy atom. The van der Waals surface area contributed by atoms with Gasteiger partial charge in [-0.05, 0) is 18.2 Å². The van der Waals surface area contributed by atoms with Crippen molar-refractivity contribution in [3.05, 3.63) is 46.4 Å². The molecule has 0 radical (unpaired) electrons. The molecule has 0 amide bonds. The van der Waals surface area contributed by atoms with Gasteiger partial charge in [-0.15, -0.1) is 0 Å². The fourth-order valence-electron chi connectivity index (χ4n) is 2.18. The van der Waals surface area contributed by atoms with Gasteiger partial charge in [-0.2, -0.15) is 0 Å². The van der Waals surface area contributed by atoms with E-state index in [4.69, 9.17) is 30.2 Å². The number of hydrogen-bond donors (Lipinski definition) is 0. The van der Waals surface area contributed by atoms with Crippen molar-refractivity contribution in [1.82, 2.24) is 0 Å². The smallest absolute Gasteiger partial charge is 0.374 e. The molecule has 0 atom stereocenters. The minimum Gasteiger partial charge on any atom is -0.486 e. The summed E-state index contributed by atoms with van der Waals surface area (Å²) in [5, 5.41) is 0.262. The van der Waals surface area contributed by atoms with E-state index in [0.29, 0.717) is 30.3 Å². The van der Waals surface area contributed by atoms with E-state index in [1.165, 1.54) is 31.6 Å². The average molecular weight is 353 g/mol. The Hall–Kier alpha value is -2.67. The van der Waals surface area contributed by atoms with Gasteiger partial charge in [-0.3, -0.25) is 0 Å². The van der Waals surface area contributed by atoms with Gasteiger partial charge in [0.15, 0.2) is 11.5 Å². The number of rotatable bonds is 4. The fraction of sp³-hybridized carbons (Fsp3) is 0.250. The molecule has 0 fully saturated rings. The van der Waals surface area contributed by atoms with Gasteiger partial charge in [0, 0.05) is 5.56 Å². The number of carbonyl (C=O) groups excluding carboxylic acids is 2. The van der Waals surface area contributed by atoms with Crippen molar-refractivity contribution in [2.45, 2.75) is 6.61 Å². The molecule has 24 heavy (non-hydrogen) atoms. The molecular formula is C16H13ClO7. The highest BCUT2D eigenvalue weighted by Gasteiger charge is 2.21. The maximum atomic E-state index is 12.2. The third-order valence-electron chi connectivity index (χ3n) is 3.31. The molecule has 2 aromatic rings. The molecular weight excluding hydrogens is 340 g/mol. The molecule has 1 aliphatic heterocycles. The first kappa shape index (κ1) is 16.2. The summed E-state index contributed by atoms with van der Waals surface area (Å²) in [4.78, 5) is 23.7. The first-order valence-corrected chi connectivity index (χ1v) is 7.39. The predicted molar refractivity (Wildman–Crippen MR) is 81.6 cm³/mol. The largest absolute Gasteiger partial charge is 0.486 e. The Kier molecular flexibility index (Phi) is 4.61. The molecule has 1 aromatic carbocycles. The van der Waals surface area contributed by atoms with Crippen molar-refractivity contribution in [2.75, 3.05) is 20.3 Å². The Morgan fingerprint density at radius 2 is 2.00 bits per heavy atom. The zero-order valence-electron chi connectivity index (χ0n) is 12.7. The van der Waals surface area contributed by atoms with Crippen LogP contribution >= 0.6 is 11.6 Å². The number of ether oxygens (including phenoxy) is 4. The van der Waals surface area contributed by atoms with Crippen molar-refractivity contribution in [3.8, 4) is 11.5 Å². The van der Waals surface area contributed by atoms with Crippen LogP contribution in [0.1, 0.15) is 26.5 Å². The third kappa shape index (κ3) is 3.16. The normalized spacial score (nSPS) is 12.6. The minimum atomic E-state index is -0.645. The lowest BCUT2D eigenvalue weighted by molar-refractivity contribution is 0.0452.